The van der Waals surface area contributed by atoms with Crippen LogP contribution in [0.3, 0.4) is 0 Å². The fraction of sp³-hybridized carbons (Fsp3) is 0.0811. The number of nitrogens with zero attached hydrogens (tertiary/aromatic N) is 2. The van der Waals surface area contributed by atoms with E-state index in [-0.39, 0.29) is 0 Å². The van der Waals surface area contributed by atoms with E-state index in [0.29, 0.717) is 11.5 Å². The first-order valence-corrected chi connectivity index (χ1v) is 13.3. The third kappa shape index (κ3) is 5.84. The van der Waals surface area contributed by atoms with Gasteiger partial charge < -0.3 is 4.74 Å². The molecule has 0 bridgehead atoms. The van der Waals surface area contributed by atoms with Crippen LogP contribution in [0.15, 0.2) is 144 Å². The number of rotatable bonds is 7. The predicted octanol–water partition coefficient (Wildman–Crippen LogP) is 9.26. The van der Waals surface area contributed by atoms with E-state index in [4.69, 9.17) is 14.7 Å². The molecule has 3 heteroatoms. The Morgan fingerprint density at radius 1 is 0.600 bits per heavy atom. The summed E-state index contributed by atoms with van der Waals surface area (Å²) in [5.74, 6) is 1.52. The topological polar surface area (TPSA) is 34.0 Å². The summed E-state index contributed by atoms with van der Waals surface area (Å²) in [6, 6.07) is 43.2. The summed E-state index contributed by atoms with van der Waals surface area (Å²) in [6.07, 6.45) is 0. The molecular formula is C37H32N2O. The van der Waals surface area contributed by atoms with Crippen molar-refractivity contribution in [1.29, 1.82) is 0 Å². The second kappa shape index (κ2) is 12.2. The van der Waals surface area contributed by atoms with Gasteiger partial charge in [-0.3, -0.25) is 0 Å². The summed E-state index contributed by atoms with van der Waals surface area (Å²) in [5.41, 5.74) is 10.0. The summed E-state index contributed by atoms with van der Waals surface area (Å²) in [6.45, 7) is 8.32. The van der Waals surface area contributed by atoms with Crippen molar-refractivity contribution in [2.24, 2.45) is 9.98 Å². The van der Waals surface area contributed by atoms with E-state index in [1.807, 2.05) is 67.6 Å². The van der Waals surface area contributed by atoms with E-state index in [2.05, 4.69) is 80.2 Å². The van der Waals surface area contributed by atoms with Gasteiger partial charge >= 0.3 is 0 Å². The van der Waals surface area contributed by atoms with Crippen molar-refractivity contribution in [2.45, 2.75) is 13.8 Å². The van der Waals surface area contributed by atoms with Crippen LogP contribution in [-0.2, 0) is 0 Å². The lowest BCUT2D eigenvalue weighted by atomic mass is 9.92. The lowest BCUT2D eigenvalue weighted by Crippen LogP contribution is -2.04. The molecule has 5 aromatic rings. The molecule has 0 N–H and O–H groups in total. The maximum absolute atomic E-state index is 5.79. The molecule has 196 valence electrons. The number of amidine groups is 1. The van der Waals surface area contributed by atoms with E-state index in [9.17, 15) is 0 Å². The van der Waals surface area contributed by atoms with Crippen LogP contribution >= 0.6 is 0 Å². The first-order chi connectivity index (χ1) is 19.5. The quantitative estimate of drug-likeness (QED) is 0.155. The van der Waals surface area contributed by atoms with Crippen molar-refractivity contribution in [3.05, 3.63) is 156 Å². The van der Waals surface area contributed by atoms with Crippen LogP contribution in [0.1, 0.15) is 29.2 Å². The van der Waals surface area contributed by atoms with Crippen LogP contribution < -0.4 is 4.74 Å². The van der Waals surface area contributed by atoms with Gasteiger partial charge in [0.1, 0.15) is 5.75 Å². The molecule has 0 fully saturated rings. The van der Waals surface area contributed by atoms with Crippen molar-refractivity contribution in [1.82, 2.24) is 0 Å². The average Bonchev–Trinajstić information content (AvgIpc) is 3.01. The smallest absolute Gasteiger partial charge is 0.160 e. The number of aliphatic imine (C=N–C) groups is 2. The van der Waals surface area contributed by atoms with Crippen LogP contribution in [0.2, 0.25) is 0 Å². The highest BCUT2D eigenvalue weighted by Crippen LogP contribution is 2.39. The average molecular weight is 521 g/mol. The molecule has 0 aliphatic rings. The molecule has 5 aromatic carbocycles. The van der Waals surface area contributed by atoms with Crippen molar-refractivity contribution < 1.29 is 4.74 Å². The van der Waals surface area contributed by atoms with Gasteiger partial charge in [-0.05, 0) is 53.3 Å². The molecular weight excluding hydrogens is 488 g/mol. The van der Waals surface area contributed by atoms with Crippen molar-refractivity contribution in [2.75, 3.05) is 7.11 Å². The number of aryl methyl sites for hydroxylation is 1. The zero-order valence-corrected chi connectivity index (χ0v) is 23.1. The first-order valence-electron chi connectivity index (χ1n) is 13.3. The van der Waals surface area contributed by atoms with Gasteiger partial charge in [-0.2, -0.15) is 0 Å². The minimum absolute atomic E-state index is 0.627. The number of ether oxygens (including phenoxy) is 1. The highest BCUT2D eigenvalue weighted by molar-refractivity contribution is 6.13. The Morgan fingerprint density at radius 3 is 1.88 bits per heavy atom. The molecule has 0 amide bonds. The lowest BCUT2D eigenvalue weighted by molar-refractivity contribution is 0.413. The van der Waals surface area contributed by atoms with E-state index in [0.717, 1.165) is 56.0 Å². The van der Waals surface area contributed by atoms with E-state index >= 15 is 0 Å². The Bertz CT molecular complexity index is 1700. The zero-order chi connectivity index (χ0) is 27.9. The summed E-state index contributed by atoms with van der Waals surface area (Å²) < 4.78 is 5.79. The van der Waals surface area contributed by atoms with Crippen molar-refractivity contribution in [3.8, 4) is 28.0 Å². The first kappa shape index (κ1) is 26.6. The predicted molar refractivity (Wildman–Crippen MR) is 169 cm³/mol. The van der Waals surface area contributed by atoms with Gasteiger partial charge in [0.2, 0.25) is 0 Å². The minimum atomic E-state index is 0.627. The van der Waals surface area contributed by atoms with Crippen molar-refractivity contribution >= 4 is 17.2 Å². The highest BCUT2D eigenvalue weighted by Gasteiger charge is 2.14. The molecule has 0 aromatic heterocycles. The molecule has 0 spiro atoms. The van der Waals surface area contributed by atoms with Crippen LogP contribution in [0.5, 0.6) is 5.75 Å². The summed E-state index contributed by atoms with van der Waals surface area (Å²) in [4.78, 5) is 9.89. The Balaban J connectivity index is 1.56. The van der Waals surface area contributed by atoms with Gasteiger partial charge in [-0.15, -0.1) is 0 Å². The van der Waals surface area contributed by atoms with Gasteiger partial charge in [-0.1, -0.05) is 128 Å². The number of methoxy groups -OCH3 is 1. The molecule has 0 aliphatic carbocycles. The number of hydrogen-bond donors (Lipinski definition) is 0. The molecule has 0 radical (unpaired) electrons. The Labute approximate surface area is 236 Å². The number of hydrogen-bond acceptors (Lipinski definition) is 2. The maximum atomic E-state index is 5.79. The van der Waals surface area contributed by atoms with Crippen LogP contribution in [0.4, 0.5) is 0 Å². The summed E-state index contributed by atoms with van der Waals surface area (Å²) >= 11 is 0. The molecule has 0 atom stereocenters. The van der Waals surface area contributed by atoms with Gasteiger partial charge in [0, 0.05) is 16.8 Å². The van der Waals surface area contributed by atoms with Gasteiger partial charge in [0.25, 0.3) is 0 Å². The van der Waals surface area contributed by atoms with Gasteiger partial charge in [0.05, 0.1) is 12.8 Å². The van der Waals surface area contributed by atoms with E-state index in [1.165, 1.54) is 0 Å². The zero-order valence-electron chi connectivity index (χ0n) is 23.1. The van der Waals surface area contributed by atoms with E-state index in [1.54, 1.807) is 7.11 Å². The van der Waals surface area contributed by atoms with Crippen LogP contribution in [0, 0.1) is 6.92 Å². The third-order valence-corrected chi connectivity index (χ3v) is 6.88. The summed E-state index contributed by atoms with van der Waals surface area (Å²) in [5, 5.41) is 0. The SMILES string of the molecule is C=C(N=C(N=C(C)c1cccc(-c2ccccc2-c2cccc(C)c2OC)c1)c1ccccc1)c1ccccc1. The fourth-order valence-electron chi connectivity index (χ4n) is 4.80. The standard InChI is InChI=1S/C37H32N2O/c1-26-15-13-24-35(36(26)40-4)34-23-12-11-22-33(34)32-21-14-20-31(25-32)28(3)39-37(30-18-9-6-10-19-30)38-27(2)29-16-7-5-8-17-29/h5-25H,2H2,1,3-4H3. The Hall–Kier alpha value is -5.02. The molecule has 40 heavy (non-hydrogen) atoms. The normalized spacial score (nSPS) is 11.8. The second-order valence-electron chi connectivity index (χ2n) is 9.59. The fourth-order valence-corrected chi connectivity index (χ4v) is 4.80. The third-order valence-electron chi connectivity index (χ3n) is 6.88. The second-order valence-corrected chi connectivity index (χ2v) is 9.59. The Morgan fingerprint density at radius 2 is 1.18 bits per heavy atom. The molecule has 0 saturated heterocycles. The van der Waals surface area contributed by atoms with Gasteiger partial charge in [0.15, 0.2) is 5.84 Å². The minimum Gasteiger partial charge on any atom is -0.496 e. The number of benzene rings is 5. The molecule has 0 unspecified atom stereocenters. The molecule has 0 aliphatic heterocycles. The maximum Gasteiger partial charge on any atom is 0.160 e. The molecule has 0 saturated carbocycles. The van der Waals surface area contributed by atoms with Crippen LogP contribution in [-0.4, -0.2) is 18.7 Å². The molecule has 3 nitrogen and oxygen atoms in total. The molecule has 5 rings (SSSR count). The summed E-state index contributed by atoms with van der Waals surface area (Å²) in [7, 11) is 1.73. The highest BCUT2D eigenvalue weighted by atomic mass is 16.5. The van der Waals surface area contributed by atoms with Crippen LogP contribution in [0.25, 0.3) is 28.0 Å². The monoisotopic (exact) mass is 520 g/mol. The number of para-hydroxylation sites is 1. The lowest BCUT2D eigenvalue weighted by Gasteiger charge is -2.16. The van der Waals surface area contributed by atoms with E-state index < -0.39 is 0 Å². The largest absolute Gasteiger partial charge is 0.496 e. The van der Waals surface area contributed by atoms with Gasteiger partial charge in [-0.25, -0.2) is 9.98 Å². The Kier molecular flexibility index (Phi) is 8.13. The molecule has 0 heterocycles. The van der Waals surface area contributed by atoms with Crippen molar-refractivity contribution in [3.63, 3.8) is 0 Å².